The summed E-state index contributed by atoms with van der Waals surface area (Å²) in [6.07, 6.45) is 0.735. The summed E-state index contributed by atoms with van der Waals surface area (Å²) < 4.78 is 45.0. The third-order valence-electron chi connectivity index (χ3n) is 3.97. The largest absolute Gasteiger partial charge is 0 e. The predicted octanol–water partition coefficient (Wildman–Crippen LogP) is 2.66. The molecule has 0 atom stereocenters. The summed E-state index contributed by atoms with van der Waals surface area (Å²) in [6.45, 7) is 29.4. The van der Waals surface area contributed by atoms with Gasteiger partial charge in [-0.2, -0.15) is 0 Å². The molecule has 190 valence electrons. The van der Waals surface area contributed by atoms with Gasteiger partial charge in [0.2, 0.25) is 0 Å². The fourth-order valence-electron chi connectivity index (χ4n) is 2.94. The van der Waals surface area contributed by atoms with Crippen LogP contribution in [-0.2, 0) is 71.8 Å². The average molecular weight is 580 g/mol. The molecule has 36 heavy (non-hydrogen) atoms. The number of hydrogen-bond donors (Lipinski definition) is 1. The molecule has 2 aromatic carbocycles. The standard InChI is InChI=1S/C18H18N2O2.6CO.2Co/c1-2-13-20-16(21)18(19-17(20)22,14-9-5-3-6-10-14)15-11-7-4-8-12-15;6*1-2;;/h3-12H,2,13H2,1H3,(H,19,22);;;;;;;;. The van der Waals surface area contributed by atoms with Gasteiger partial charge in [0.15, 0.2) is 5.54 Å². The number of nitrogens with one attached hydrogen (secondary N) is 1. The Hall–Kier alpha value is -3.17. The van der Waals surface area contributed by atoms with E-state index in [0.29, 0.717) is 6.54 Å². The van der Waals surface area contributed by atoms with Crippen LogP contribution < -0.4 is 5.32 Å². The van der Waals surface area contributed by atoms with Crippen molar-refractivity contribution in [2.45, 2.75) is 18.9 Å². The number of hydrogen-bond acceptors (Lipinski definition) is 2. The van der Waals surface area contributed by atoms with E-state index in [0.717, 1.165) is 17.5 Å². The van der Waals surface area contributed by atoms with Crippen molar-refractivity contribution < 1.29 is 71.1 Å². The van der Waals surface area contributed by atoms with Crippen molar-refractivity contribution in [1.82, 2.24) is 10.2 Å². The SMILES string of the molecule is CCCN1C(=O)NC(c2ccccc2)(c2ccccc2)C1=O.[C-]#[O+].[C-]#[O+].[C-]#[O+].[C-]#[O+].[C-]#[O+].[C-]#[O+].[Co].[Co]. The molecule has 1 heterocycles. The van der Waals surface area contributed by atoms with Crippen molar-refractivity contribution in [2.24, 2.45) is 0 Å². The number of urea groups is 1. The number of benzene rings is 2. The van der Waals surface area contributed by atoms with Crippen LogP contribution in [-0.4, -0.2) is 23.4 Å². The second-order valence-corrected chi connectivity index (χ2v) is 5.37. The minimum atomic E-state index is -1.13. The van der Waals surface area contributed by atoms with Gasteiger partial charge in [-0.1, -0.05) is 67.6 Å². The van der Waals surface area contributed by atoms with Gasteiger partial charge in [0.25, 0.3) is 5.91 Å². The fraction of sp³-hybridized carbons (Fsp3) is 0.167. The summed E-state index contributed by atoms with van der Waals surface area (Å²) in [5.74, 6) is -0.211. The van der Waals surface area contributed by atoms with Crippen molar-refractivity contribution in [2.75, 3.05) is 6.54 Å². The maximum atomic E-state index is 13.1. The minimum Gasteiger partial charge on any atom is 0 e. The first-order valence-corrected chi connectivity index (χ1v) is 8.67. The number of rotatable bonds is 4. The third-order valence-corrected chi connectivity index (χ3v) is 3.97. The van der Waals surface area contributed by atoms with Crippen molar-refractivity contribution in [1.29, 1.82) is 0 Å². The Kier molecular flexibility index (Phi) is 40.9. The van der Waals surface area contributed by atoms with E-state index in [1.54, 1.807) is 0 Å². The maximum Gasteiger partial charge on any atom is 0 e. The maximum absolute atomic E-state index is 13.1. The van der Waals surface area contributed by atoms with Crippen LogP contribution in [0, 0.1) is 39.9 Å². The molecule has 2 aromatic rings. The molecule has 10 nitrogen and oxygen atoms in total. The molecule has 0 aliphatic carbocycles. The number of imide groups is 1. The van der Waals surface area contributed by atoms with Gasteiger partial charge in [0.1, 0.15) is 0 Å². The van der Waals surface area contributed by atoms with Gasteiger partial charge in [-0.05, 0) is 17.5 Å². The molecular weight excluding hydrogens is 562 g/mol. The topological polar surface area (TPSA) is 169 Å². The van der Waals surface area contributed by atoms with Crippen molar-refractivity contribution in [3.63, 3.8) is 0 Å². The molecule has 1 aliphatic rings. The molecule has 0 bridgehead atoms. The second kappa shape index (κ2) is 31.8. The van der Waals surface area contributed by atoms with E-state index >= 15 is 0 Å². The fourth-order valence-corrected chi connectivity index (χ4v) is 2.94. The molecule has 0 aromatic heterocycles. The zero-order valence-electron chi connectivity index (χ0n) is 18.6. The van der Waals surface area contributed by atoms with E-state index in [9.17, 15) is 9.59 Å². The van der Waals surface area contributed by atoms with Crippen LogP contribution >= 0.6 is 0 Å². The first kappa shape index (κ1) is 46.2. The summed E-state index contributed by atoms with van der Waals surface area (Å²) in [5.41, 5.74) is 0.422. The van der Waals surface area contributed by atoms with E-state index in [1.807, 2.05) is 67.6 Å². The van der Waals surface area contributed by atoms with Crippen LogP contribution in [0.2, 0.25) is 0 Å². The molecule has 12 heteroatoms. The Morgan fingerprint density at radius 1 is 0.667 bits per heavy atom. The van der Waals surface area contributed by atoms with E-state index in [4.69, 9.17) is 27.9 Å². The Balaban J connectivity index is -0.000000142. The van der Waals surface area contributed by atoms with E-state index in [2.05, 4.69) is 45.2 Å². The quantitative estimate of drug-likeness (QED) is 0.334. The molecule has 3 rings (SSSR count). The molecule has 1 saturated heterocycles. The first-order chi connectivity index (χ1) is 16.7. The Labute approximate surface area is 229 Å². The van der Waals surface area contributed by atoms with Gasteiger partial charge >= 0.3 is 73.8 Å². The molecule has 1 N–H and O–H groups in total. The van der Waals surface area contributed by atoms with Gasteiger partial charge in [0, 0.05) is 40.1 Å². The summed E-state index contributed by atoms with van der Waals surface area (Å²) in [7, 11) is 0. The van der Waals surface area contributed by atoms with Crippen LogP contribution in [0.25, 0.3) is 0 Å². The van der Waals surface area contributed by atoms with Crippen LogP contribution in [0.4, 0.5) is 4.79 Å². The van der Waals surface area contributed by atoms with E-state index in [-0.39, 0.29) is 45.5 Å². The molecular formula is C24H18Co2N2O8. The molecule has 3 amide bonds. The van der Waals surface area contributed by atoms with Crippen molar-refractivity contribution in [3.05, 3.63) is 112 Å². The van der Waals surface area contributed by atoms with Crippen LogP contribution in [0.1, 0.15) is 24.5 Å². The van der Waals surface area contributed by atoms with Gasteiger partial charge in [-0.3, -0.25) is 9.69 Å². The zero-order valence-corrected chi connectivity index (χ0v) is 20.6. The molecule has 1 fully saturated rings. The smallest absolute Gasteiger partial charge is 0 e. The minimum absolute atomic E-state index is 0. The molecule has 0 spiro atoms. The Morgan fingerprint density at radius 3 is 1.25 bits per heavy atom. The molecule has 1 aliphatic heterocycles. The number of amides is 3. The second-order valence-electron chi connectivity index (χ2n) is 5.37. The third kappa shape index (κ3) is 12.5. The van der Waals surface area contributed by atoms with Crippen molar-refractivity contribution in [3.8, 4) is 0 Å². The normalized spacial score (nSPS) is 10.5. The first-order valence-electron chi connectivity index (χ1n) is 8.67. The number of nitrogens with zero attached hydrogens (tertiary/aromatic N) is 1. The summed E-state index contributed by atoms with van der Waals surface area (Å²) in [5, 5.41) is 2.92. The van der Waals surface area contributed by atoms with E-state index < -0.39 is 5.54 Å². The van der Waals surface area contributed by atoms with Crippen LogP contribution in [0.3, 0.4) is 0 Å². The van der Waals surface area contributed by atoms with Crippen LogP contribution in [0.15, 0.2) is 60.7 Å². The van der Waals surface area contributed by atoms with Gasteiger partial charge < -0.3 is 5.32 Å². The zero-order chi connectivity index (χ0) is 27.6. The number of carbonyl (C=O) groups is 2. The monoisotopic (exact) mass is 580 g/mol. The average Bonchev–Trinajstić information content (AvgIpc) is 3.22. The van der Waals surface area contributed by atoms with Gasteiger partial charge in [-0.15, -0.1) is 0 Å². The predicted molar refractivity (Wildman–Crippen MR) is 108 cm³/mol. The van der Waals surface area contributed by atoms with Gasteiger partial charge in [0.05, 0.1) is 0 Å². The summed E-state index contributed by atoms with van der Waals surface area (Å²) in [4.78, 5) is 26.7. The molecule has 0 unspecified atom stereocenters. The summed E-state index contributed by atoms with van der Waals surface area (Å²) in [6, 6.07) is 18.5. The molecule has 2 radical (unpaired) electrons. The summed E-state index contributed by atoms with van der Waals surface area (Å²) >= 11 is 0. The Bertz CT molecular complexity index is 870. The number of carbonyl (C=O) groups excluding carboxylic acids is 2. The van der Waals surface area contributed by atoms with Crippen molar-refractivity contribution >= 4 is 11.9 Å². The van der Waals surface area contributed by atoms with Gasteiger partial charge in [-0.25, -0.2) is 4.79 Å². The Morgan fingerprint density at radius 2 is 0.972 bits per heavy atom. The molecule has 0 saturated carbocycles. The van der Waals surface area contributed by atoms with Crippen LogP contribution in [0.5, 0.6) is 0 Å². The van der Waals surface area contributed by atoms with E-state index in [1.165, 1.54) is 4.90 Å².